The topological polar surface area (TPSA) is 75.6 Å². The Balaban J connectivity index is 2.34. The third kappa shape index (κ3) is 8.09. The first-order valence-corrected chi connectivity index (χ1v) is 7.30. The number of unbranched alkanes of at least 4 members (excludes halogenated alkanes) is 2. The highest BCUT2D eigenvalue weighted by Gasteiger charge is 2.04. The molecule has 5 heteroatoms. The highest BCUT2D eigenvalue weighted by atomic mass is 16.5. The van der Waals surface area contributed by atoms with Crippen LogP contribution >= 0.6 is 0 Å². The molecular weight excluding hydrogens is 270 g/mol. The van der Waals surface area contributed by atoms with Crippen molar-refractivity contribution in [2.24, 2.45) is 0 Å². The zero-order valence-electron chi connectivity index (χ0n) is 12.4. The Labute approximate surface area is 125 Å². The van der Waals surface area contributed by atoms with Gasteiger partial charge in [0.25, 0.3) is 0 Å². The van der Waals surface area contributed by atoms with Crippen molar-refractivity contribution in [3.8, 4) is 0 Å². The summed E-state index contributed by atoms with van der Waals surface area (Å²) in [5.41, 5.74) is 1.55. The first kappa shape index (κ1) is 17.2. The quantitative estimate of drug-likeness (QED) is 0.650. The average Bonchev–Trinajstić information content (AvgIpc) is 2.45. The minimum absolute atomic E-state index is 0.0447. The average molecular weight is 293 g/mol. The number of aliphatic carboxylic acids is 1. The fraction of sp³-hybridized carbons (Fsp3) is 0.500. The van der Waals surface area contributed by atoms with Crippen molar-refractivity contribution in [1.29, 1.82) is 0 Å². The van der Waals surface area contributed by atoms with E-state index in [1.165, 1.54) is 0 Å². The summed E-state index contributed by atoms with van der Waals surface area (Å²) in [7, 11) is 0. The number of rotatable bonds is 10. The minimum atomic E-state index is -0.829. The molecule has 0 heterocycles. The van der Waals surface area contributed by atoms with Crippen molar-refractivity contribution in [3.05, 3.63) is 29.8 Å². The summed E-state index contributed by atoms with van der Waals surface area (Å²) in [6.45, 7) is 2.76. The van der Waals surface area contributed by atoms with E-state index < -0.39 is 5.97 Å². The lowest BCUT2D eigenvalue weighted by atomic mass is 10.1. The van der Waals surface area contributed by atoms with Crippen molar-refractivity contribution < 1.29 is 19.4 Å². The van der Waals surface area contributed by atoms with Gasteiger partial charge in [0, 0.05) is 18.7 Å². The Morgan fingerprint density at radius 3 is 2.81 bits per heavy atom. The van der Waals surface area contributed by atoms with Gasteiger partial charge in [-0.2, -0.15) is 0 Å². The molecule has 0 aliphatic heterocycles. The van der Waals surface area contributed by atoms with Crippen molar-refractivity contribution in [1.82, 2.24) is 0 Å². The zero-order chi connectivity index (χ0) is 15.5. The first-order valence-electron chi connectivity index (χ1n) is 7.30. The molecule has 0 aliphatic carbocycles. The lowest BCUT2D eigenvalue weighted by Crippen LogP contribution is -2.18. The third-order valence-corrected chi connectivity index (χ3v) is 2.96. The van der Waals surface area contributed by atoms with Crippen LogP contribution in [-0.4, -0.2) is 30.2 Å². The number of nitrogens with one attached hydrogen (secondary N) is 1. The van der Waals surface area contributed by atoms with Crippen LogP contribution in [0.1, 0.15) is 38.2 Å². The number of carboxylic acids is 1. The van der Waals surface area contributed by atoms with Crippen LogP contribution in [-0.2, 0) is 20.7 Å². The second kappa shape index (κ2) is 9.94. The monoisotopic (exact) mass is 293 g/mol. The Morgan fingerprint density at radius 1 is 1.29 bits per heavy atom. The number of hydrogen-bond acceptors (Lipinski definition) is 3. The van der Waals surface area contributed by atoms with Crippen LogP contribution < -0.4 is 5.32 Å². The molecule has 0 bridgehead atoms. The van der Waals surface area contributed by atoms with E-state index in [0.29, 0.717) is 18.7 Å². The van der Waals surface area contributed by atoms with E-state index in [4.69, 9.17) is 9.84 Å². The normalized spacial score (nSPS) is 10.3. The number of hydrogen-bond donors (Lipinski definition) is 2. The summed E-state index contributed by atoms with van der Waals surface area (Å²) in [6.07, 6.45) is 3.73. The Morgan fingerprint density at radius 2 is 2.10 bits per heavy atom. The molecule has 0 atom stereocenters. The number of carboxylic acid groups (broad SMARTS) is 1. The molecule has 1 aromatic carbocycles. The van der Waals surface area contributed by atoms with E-state index in [-0.39, 0.29) is 18.9 Å². The predicted octanol–water partition coefficient (Wildman–Crippen LogP) is 2.85. The number of carbonyl (C=O) groups is 2. The molecule has 5 nitrogen and oxygen atoms in total. The molecule has 21 heavy (non-hydrogen) atoms. The molecule has 0 radical (unpaired) electrons. The summed E-state index contributed by atoms with van der Waals surface area (Å²) >= 11 is 0. The standard InChI is InChI=1S/C16H23NO4/c1-2-3-4-10-21-12-15(18)17-14-7-5-6-13(11-14)8-9-16(19)20/h5-7,11H,2-4,8-10,12H2,1H3,(H,17,18)(H,19,20). The number of aryl methyl sites for hydroxylation is 1. The second-order valence-electron chi connectivity index (χ2n) is 4.90. The molecular formula is C16H23NO4. The van der Waals surface area contributed by atoms with Crippen LogP contribution in [0.5, 0.6) is 0 Å². The van der Waals surface area contributed by atoms with Crippen LogP contribution in [0, 0.1) is 0 Å². The summed E-state index contributed by atoms with van der Waals surface area (Å²) in [4.78, 5) is 22.2. The Kier molecular flexibility index (Phi) is 8.12. The van der Waals surface area contributed by atoms with Crippen LogP contribution in [0.4, 0.5) is 5.69 Å². The largest absolute Gasteiger partial charge is 0.481 e. The highest BCUT2D eigenvalue weighted by Crippen LogP contribution is 2.12. The SMILES string of the molecule is CCCCCOCC(=O)Nc1cccc(CCC(=O)O)c1. The van der Waals surface area contributed by atoms with E-state index in [0.717, 1.165) is 24.8 Å². The fourth-order valence-electron chi connectivity index (χ4n) is 1.87. The molecule has 116 valence electrons. The third-order valence-electron chi connectivity index (χ3n) is 2.96. The van der Waals surface area contributed by atoms with Crippen molar-refractivity contribution in [2.45, 2.75) is 39.0 Å². The maximum Gasteiger partial charge on any atom is 0.303 e. The van der Waals surface area contributed by atoms with E-state index in [1.54, 1.807) is 18.2 Å². The Hall–Kier alpha value is -1.88. The van der Waals surface area contributed by atoms with Crippen LogP contribution in [0.2, 0.25) is 0 Å². The molecule has 0 fully saturated rings. The maximum atomic E-state index is 11.7. The molecule has 0 spiro atoms. The van der Waals surface area contributed by atoms with Crippen molar-refractivity contribution in [3.63, 3.8) is 0 Å². The molecule has 0 saturated carbocycles. The Bertz CT molecular complexity index is 459. The number of ether oxygens (including phenoxy) is 1. The van der Waals surface area contributed by atoms with Crippen LogP contribution in [0.3, 0.4) is 0 Å². The summed E-state index contributed by atoms with van der Waals surface area (Å²) in [5.74, 6) is -1.02. The summed E-state index contributed by atoms with van der Waals surface area (Å²) in [5, 5.41) is 11.4. The van der Waals surface area contributed by atoms with Gasteiger partial charge < -0.3 is 15.2 Å². The number of carbonyl (C=O) groups excluding carboxylic acids is 1. The van der Waals surface area contributed by atoms with Gasteiger partial charge in [-0.15, -0.1) is 0 Å². The minimum Gasteiger partial charge on any atom is -0.481 e. The van der Waals surface area contributed by atoms with Crippen LogP contribution in [0.15, 0.2) is 24.3 Å². The maximum absolute atomic E-state index is 11.7. The van der Waals surface area contributed by atoms with Gasteiger partial charge in [-0.25, -0.2) is 0 Å². The summed E-state index contributed by atoms with van der Waals surface area (Å²) in [6, 6.07) is 7.21. The fourth-order valence-corrected chi connectivity index (χ4v) is 1.87. The summed E-state index contributed by atoms with van der Waals surface area (Å²) < 4.78 is 5.29. The van der Waals surface area contributed by atoms with Gasteiger partial charge in [-0.05, 0) is 30.5 Å². The molecule has 0 unspecified atom stereocenters. The molecule has 1 amide bonds. The van der Waals surface area contributed by atoms with E-state index in [1.807, 2.05) is 6.07 Å². The van der Waals surface area contributed by atoms with Gasteiger partial charge in [-0.1, -0.05) is 31.9 Å². The van der Waals surface area contributed by atoms with Gasteiger partial charge in [0.15, 0.2) is 0 Å². The molecule has 1 aromatic rings. The lowest BCUT2D eigenvalue weighted by molar-refractivity contribution is -0.137. The van der Waals surface area contributed by atoms with Gasteiger partial charge in [-0.3, -0.25) is 9.59 Å². The predicted molar refractivity (Wildman–Crippen MR) is 81.4 cm³/mol. The highest BCUT2D eigenvalue weighted by molar-refractivity contribution is 5.91. The van der Waals surface area contributed by atoms with E-state index in [9.17, 15) is 9.59 Å². The lowest BCUT2D eigenvalue weighted by Gasteiger charge is -2.08. The smallest absolute Gasteiger partial charge is 0.303 e. The van der Waals surface area contributed by atoms with Crippen molar-refractivity contribution >= 4 is 17.6 Å². The van der Waals surface area contributed by atoms with Gasteiger partial charge >= 0.3 is 5.97 Å². The second-order valence-corrected chi connectivity index (χ2v) is 4.90. The zero-order valence-corrected chi connectivity index (χ0v) is 12.4. The van der Waals surface area contributed by atoms with E-state index in [2.05, 4.69) is 12.2 Å². The first-order chi connectivity index (χ1) is 10.1. The van der Waals surface area contributed by atoms with Gasteiger partial charge in [0.1, 0.15) is 6.61 Å². The van der Waals surface area contributed by atoms with Gasteiger partial charge in [0.2, 0.25) is 5.91 Å². The van der Waals surface area contributed by atoms with E-state index >= 15 is 0 Å². The molecule has 0 aliphatic rings. The number of anilines is 1. The van der Waals surface area contributed by atoms with Crippen LogP contribution in [0.25, 0.3) is 0 Å². The van der Waals surface area contributed by atoms with Gasteiger partial charge in [0.05, 0.1) is 0 Å². The molecule has 0 aromatic heterocycles. The van der Waals surface area contributed by atoms with Crippen molar-refractivity contribution in [2.75, 3.05) is 18.5 Å². The number of benzene rings is 1. The molecule has 2 N–H and O–H groups in total. The number of amides is 1. The molecule has 0 saturated heterocycles. The molecule has 1 rings (SSSR count).